The molecule has 0 spiro atoms. The minimum absolute atomic E-state index is 0.200. The maximum atomic E-state index is 13.1. The molecule has 5 heteroatoms. The molecule has 28 heavy (non-hydrogen) atoms. The zero-order chi connectivity index (χ0) is 18.9. The quantitative estimate of drug-likeness (QED) is 0.819. The van der Waals surface area contributed by atoms with Crippen molar-refractivity contribution in [1.82, 2.24) is 4.90 Å². The number of nitrogens with zero attached hydrogens (tertiary/aromatic N) is 2. The summed E-state index contributed by atoms with van der Waals surface area (Å²) in [5, 5.41) is 0. The number of rotatable bonds is 3. The Morgan fingerprint density at radius 1 is 1.00 bits per heavy atom. The number of likely N-dealkylation sites (tertiary alicyclic amines) is 1. The largest absolute Gasteiger partial charge is 0.490 e. The number of carbonyl (C=O) groups excluding carboxylic acids is 1. The van der Waals surface area contributed by atoms with Crippen molar-refractivity contribution in [1.29, 1.82) is 0 Å². The summed E-state index contributed by atoms with van der Waals surface area (Å²) in [6.07, 6.45) is 4.05. The number of ether oxygens (including phenoxy) is 2. The Labute approximate surface area is 165 Å². The number of benzene rings is 2. The molecule has 1 atom stereocenters. The van der Waals surface area contributed by atoms with E-state index in [1.807, 2.05) is 23.1 Å². The van der Waals surface area contributed by atoms with Gasteiger partial charge in [0.15, 0.2) is 11.5 Å². The fourth-order valence-corrected chi connectivity index (χ4v) is 4.64. The summed E-state index contributed by atoms with van der Waals surface area (Å²) in [6.45, 7) is 3.61. The first-order valence-corrected chi connectivity index (χ1v) is 10.3. The summed E-state index contributed by atoms with van der Waals surface area (Å²) >= 11 is 0. The lowest BCUT2D eigenvalue weighted by Crippen LogP contribution is -2.39. The first-order chi connectivity index (χ1) is 13.8. The predicted molar refractivity (Wildman–Crippen MR) is 108 cm³/mol. The maximum absolute atomic E-state index is 13.1. The second-order valence-corrected chi connectivity index (χ2v) is 7.81. The van der Waals surface area contributed by atoms with Gasteiger partial charge in [-0.25, -0.2) is 0 Å². The Bertz CT molecular complexity index is 882. The number of hydrogen-bond acceptors (Lipinski definition) is 4. The molecule has 0 aromatic heterocycles. The number of carbonyl (C=O) groups is 1. The van der Waals surface area contributed by atoms with Crippen LogP contribution in [0.4, 0.5) is 5.69 Å². The summed E-state index contributed by atoms with van der Waals surface area (Å²) < 4.78 is 11.6. The lowest BCUT2D eigenvalue weighted by molar-refractivity contribution is -0.119. The Balaban J connectivity index is 1.32. The molecular formula is C23H26N2O3. The number of anilines is 1. The van der Waals surface area contributed by atoms with Gasteiger partial charge in [0.2, 0.25) is 5.91 Å². The van der Waals surface area contributed by atoms with Gasteiger partial charge < -0.3 is 14.4 Å². The van der Waals surface area contributed by atoms with E-state index in [0.717, 1.165) is 56.0 Å². The molecule has 1 fully saturated rings. The molecule has 0 N–H and O–H groups in total. The van der Waals surface area contributed by atoms with Crippen LogP contribution < -0.4 is 14.4 Å². The summed E-state index contributed by atoms with van der Waals surface area (Å²) in [6, 6.07) is 14.8. The second kappa shape index (κ2) is 7.47. The molecule has 146 valence electrons. The van der Waals surface area contributed by atoms with Crippen LogP contribution in [-0.4, -0.2) is 43.7 Å². The third-order valence-electron chi connectivity index (χ3n) is 6.05. The van der Waals surface area contributed by atoms with Crippen molar-refractivity contribution >= 4 is 11.6 Å². The maximum Gasteiger partial charge on any atom is 0.241 e. The Hall–Kier alpha value is -2.53. The van der Waals surface area contributed by atoms with Gasteiger partial charge in [-0.3, -0.25) is 9.69 Å². The molecule has 2 aromatic rings. The van der Waals surface area contributed by atoms with E-state index in [1.54, 1.807) is 0 Å². The van der Waals surface area contributed by atoms with Crippen molar-refractivity contribution in [2.75, 3.05) is 37.7 Å². The first-order valence-electron chi connectivity index (χ1n) is 10.3. The van der Waals surface area contributed by atoms with E-state index in [9.17, 15) is 4.79 Å². The van der Waals surface area contributed by atoms with Gasteiger partial charge in [-0.15, -0.1) is 0 Å². The van der Waals surface area contributed by atoms with Gasteiger partial charge in [0.05, 0.1) is 19.8 Å². The predicted octanol–water partition coefficient (Wildman–Crippen LogP) is 3.57. The zero-order valence-electron chi connectivity index (χ0n) is 16.1. The lowest BCUT2D eigenvalue weighted by Gasteiger charge is -2.27. The number of para-hydroxylation sites is 1. The Morgan fingerprint density at radius 3 is 2.79 bits per heavy atom. The van der Waals surface area contributed by atoms with Crippen LogP contribution in [0.5, 0.6) is 11.5 Å². The van der Waals surface area contributed by atoms with Crippen molar-refractivity contribution in [2.45, 2.75) is 31.7 Å². The van der Waals surface area contributed by atoms with Crippen LogP contribution in [0.2, 0.25) is 0 Å². The van der Waals surface area contributed by atoms with E-state index in [-0.39, 0.29) is 11.9 Å². The van der Waals surface area contributed by atoms with Crippen molar-refractivity contribution in [2.24, 2.45) is 0 Å². The van der Waals surface area contributed by atoms with Gasteiger partial charge >= 0.3 is 0 Å². The molecule has 3 aliphatic heterocycles. The molecule has 0 unspecified atom stereocenters. The van der Waals surface area contributed by atoms with Crippen molar-refractivity contribution in [3.63, 3.8) is 0 Å². The highest BCUT2D eigenvalue weighted by atomic mass is 16.5. The van der Waals surface area contributed by atoms with Gasteiger partial charge in [0.25, 0.3) is 0 Å². The monoisotopic (exact) mass is 378 g/mol. The normalized spacial score (nSPS) is 21.4. The van der Waals surface area contributed by atoms with Gasteiger partial charge in [-0.2, -0.15) is 0 Å². The SMILES string of the molecule is O=C(CN1CCC[C@H]1c1ccc2c(c1)OCCCO2)N1CCc2ccccc21. The van der Waals surface area contributed by atoms with E-state index in [2.05, 4.69) is 29.2 Å². The van der Waals surface area contributed by atoms with E-state index in [4.69, 9.17) is 9.47 Å². The fourth-order valence-electron chi connectivity index (χ4n) is 4.64. The summed E-state index contributed by atoms with van der Waals surface area (Å²) in [7, 11) is 0. The number of hydrogen-bond donors (Lipinski definition) is 0. The molecule has 5 nitrogen and oxygen atoms in total. The molecule has 5 rings (SSSR count). The van der Waals surface area contributed by atoms with Gasteiger partial charge in [-0.1, -0.05) is 24.3 Å². The molecule has 0 radical (unpaired) electrons. The average Bonchev–Trinajstić information content (AvgIpc) is 3.28. The highest BCUT2D eigenvalue weighted by molar-refractivity contribution is 5.96. The van der Waals surface area contributed by atoms with E-state index in [1.165, 1.54) is 11.1 Å². The molecule has 0 saturated carbocycles. The van der Waals surface area contributed by atoms with Crippen LogP contribution >= 0.6 is 0 Å². The second-order valence-electron chi connectivity index (χ2n) is 7.81. The summed E-state index contributed by atoms with van der Waals surface area (Å²) in [4.78, 5) is 17.3. The van der Waals surface area contributed by atoms with Crippen molar-refractivity contribution < 1.29 is 14.3 Å². The zero-order valence-corrected chi connectivity index (χ0v) is 16.1. The first kappa shape index (κ1) is 17.6. The number of fused-ring (bicyclic) bond motifs is 2. The summed E-state index contributed by atoms with van der Waals surface area (Å²) in [5.74, 6) is 1.86. The average molecular weight is 378 g/mol. The Kier molecular flexibility index (Phi) is 4.69. The highest BCUT2D eigenvalue weighted by Gasteiger charge is 2.32. The lowest BCUT2D eigenvalue weighted by atomic mass is 10.0. The van der Waals surface area contributed by atoms with Crippen LogP contribution in [0.3, 0.4) is 0 Å². The molecular weight excluding hydrogens is 352 g/mol. The van der Waals surface area contributed by atoms with Crippen LogP contribution in [0.15, 0.2) is 42.5 Å². The van der Waals surface area contributed by atoms with Gasteiger partial charge in [-0.05, 0) is 55.1 Å². The summed E-state index contributed by atoms with van der Waals surface area (Å²) in [5.41, 5.74) is 3.58. The van der Waals surface area contributed by atoms with Crippen LogP contribution in [0.25, 0.3) is 0 Å². The fraction of sp³-hybridized carbons (Fsp3) is 0.435. The molecule has 3 aliphatic rings. The van der Waals surface area contributed by atoms with Crippen LogP contribution in [-0.2, 0) is 11.2 Å². The molecule has 2 aromatic carbocycles. The van der Waals surface area contributed by atoms with Crippen LogP contribution in [0, 0.1) is 0 Å². The van der Waals surface area contributed by atoms with E-state index >= 15 is 0 Å². The smallest absolute Gasteiger partial charge is 0.241 e. The van der Waals surface area contributed by atoms with Crippen LogP contribution in [0.1, 0.15) is 36.4 Å². The number of amides is 1. The highest BCUT2D eigenvalue weighted by Crippen LogP contribution is 2.38. The molecule has 0 bridgehead atoms. The third-order valence-corrected chi connectivity index (χ3v) is 6.05. The van der Waals surface area contributed by atoms with Gasteiger partial charge in [0.1, 0.15) is 0 Å². The van der Waals surface area contributed by atoms with Crippen molar-refractivity contribution in [3.05, 3.63) is 53.6 Å². The molecule has 0 aliphatic carbocycles. The Morgan fingerprint density at radius 2 is 1.86 bits per heavy atom. The van der Waals surface area contributed by atoms with E-state index < -0.39 is 0 Å². The van der Waals surface area contributed by atoms with E-state index in [0.29, 0.717) is 19.8 Å². The standard InChI is InChI=1S/C23H26N2O3/c26-23(25-12-10-17-5-1-2-6-20(17)25)16-24-11-3-7-19(24)18-8-9-21-22(15-18)28-14-4-13-27-21/h1-2,5-6,8-9,15,19H,3-4,7,10-14,16H2/t19-/m0/s1. The minimum atomic E-state index is 0.200. The molecule has 1 amide bonds. The van der Waals surface area contributed by atoms with Gasteiger partial charge in [0, 0.05) is 24.7 Å². The van der Waals surface area contributed by atoms with Crippen molar-refractivity contribution in [3.8, 4) is 11.5 Å². The topological polar surface area (TPSA) is 42.0 Å². The third kappa shape index (κ3) is 3.24. The molecule has 1 saturated heterocycles. The molecule has 3 heterocycles. The minimum Gasteiger partial charge on any atom is -0.490 e.